The van der Waals surface area contributed by atoms with Gasteiger partial charge >= 0.3 is 0 Å². The van der Waals surface area contributed by atoms with E-state index in [0.717, 1.165) is 12.1 Å². The van der Waals surface area contributed by atoms with Crippen LogP contribution in [-0.4, -0.2) is 17.6 Å². The third-order valence-corrected chi connectivity index (χ3v) is 3.92. The van der Waals surface area contributed by atoms with Gasteiger partial charge < -0.3 is 5.32 Å². The molecule has 18 heavy (non-hydrogen) atoms. The number of piperidine rings is 1. The lowest BCUT2D eigenvalue weighted by Crippen LogP contribution is -2.35. The molecule has 2 heterocycles. The summed E-state index contributed by atoms with van der Waals surface area (Å²) < 4.78 is 0. The van der Waals surface area contributed by atoms with Crippen molar-refractivity contribution in [2.75, 3.05) is 6.54 Å². The molecule has 1 aliphatic heterocycles. The molecule has 1 aliphatic rings. The second-order valence-electron chi connectivity index (χ2n) is 5.30. The van der Waals surface area contributed by atoms with Crippen LogP contribution < -0.4 is 5.32 Å². The Morgan fingerprint density at radius 1 is 1.28 bits per heavy atom. The summed E-state index contributed by atoms with van der Waals surface area (Å²) in [6.45, 7) is 3.27. The lowest BCUT2D eigenvalue weighted by Gasteiger charge is -2.23. The summed E-state index contributed by atoms with van der Waals surface area (Å²) >= 11 is 0. The SMILES string of the molecule is Cc1nccc2ccc(CC3CCCCN3)cc12. The van der Waals surface area contributed by atoms with Crippen LogP contribution >= 0.6 is 0 Å². The Hall–Kier alpha value is -1.41. The molecule has 0 spiro atoms. The van der Waals surface area contributed by atoms with E-state index in [1.165, 1.54) is 42.1 Å². The van der Waals surface area contributed by atoms with Crippen molar-refractivity contribution >= 4 is 10.8 Å². The number of benzene rings is 1. The Kier molecular flexibility index (Phi) is 3.28. The van der Waals surface area contributed by atoms with Crippen molar-refractivity contribution in [2.24, 2.45) is 0 Å². The first-order valence-corrected chi connectivity index (χ1v) is 6.90. The number of hydrogen-bond acceptors (Lipinski definition) is 2. The quantitative estimate of drug-likeness (QED) is 0.871. The Balaban J connectivity index is 1.86. The molecule has 2 heteroatoms. The Morgan fingerprint density at radius 2 is 2.22 bits per heavy atom. The average Bonchev–Trinajstić information content (AvgIpc) is 2.41. The number of aromatic nitrogens is 1. The lowest BCUT2D eigenvalue weighted by molar-refractivity contribution is 0.399. The van der Waals surface area contributed by atoms with Crippen molar-refractivity contribution in [3.8, 4) is 0 Å². The van der Waals surface area contributed by atoms with Gasteiger partial charge in [-0.25, -0.2) is 0 Å². The van der Waals surface area contributed by atoms with Crippen molar-refractivity contribution in [1.82, 2.24) is 10.3 Å². The van der Waals surface area contributed by atoms with Crippen LogP contribution in [0.15, 0.2) is 30.5 Å². The van der Waals surface area contributed by atoms with E-state index in [2.05, 4.69) is 41.5 Å². The molecule has 1 N–H and O–H groups in total. The van der Waals surface area contributed by atoms with Gasteiger partial charge in [0.2, 0.25) is 0 Å². The highest BCUT2D eigenvalue weighted by atomic mass is 14.9. The molecule has 2 nitrogen and oxygen atoms in total. The number of hydrogen-bond donors (Lipinski definition) is 1. The van der Waals surface area contributed by atoms with E-state index in [1.807, 2.05) is 6.20 Å². The van der Waals surface area contributed by atoms with Crippen LogP contribution in [0.4, 0.5) is 0 Å². The van der Waals surface area contributed by atoms with Crippen LogP contribution in [0.1, 0.15) is 30.5 Å². The summed E-state index contributed by atoms with van der Waals surface area (Å²) in [5, 5.41) is 6.21. The molecule has 1 aromatic heterocycles. The fourth-order valence-corrected chi connectivity index (χ4v) is 2.87. The molecular formula is C16H20N2. The van der Waals surface area contributed by atoms with Gasteiger partial charge in [0.05, 0.1) is 0 Å². The highest BCUT2D eigenvalue weighted by Crippen LogP contribution is 2.20. The zero-order chi connectivity index (χ0) is 12.4. The molecule has 0 bridgehead atoms. The summed E-state index contributed by atoms with van der Waals surface area (Å²) in [6, 6.07) is 9.55. The predicted molar refractivity (Wildman–Crippen MR) is 75.8 cm³/mol. The first-order valence-electron chi connectivity index (χ1n) is 6.90. The molecule has 1 aromatic carbocycles. The first kappa shape index (κ1) is 11.7. The van der Waals surface area contributed by atoms with Gasteiger partial charge in [-0.3, -0.25) is 4.98 Å². The van der Waals surface area contributed by atoms with E-state index in [9.17, 15) is 0 Å². The smallest absolute Gasteiger partial charge is 0.0451 e. The standard InChI is InChI=1S/C16H20N2/c1-12-16-11-13(5-6-14(16)7-9-17-12)10-15-4-2-3-8-18-15/h5-7,9,11,15,18H,2-4,8,10H2,1H3. The fraction of sp³-hybridized carbons (Fsp3) is 0.438. The summed E-state index contributed by atoms with van der Waals surface area (Å²) in [5.74, 6) is 0. The van der Waals surface area contributed by atoms with E-state index in [0.29, 0.717) is 6.04 Å². The largest absolute Gasteiger partial charge is 0.314 e. The highest BCUT2D eigenvalue weighted by molar-refractivity contribution is 5.84. The van der Waals surface area contributed by atoms with Gasteiger partial charge in [-0.15, -0.1) is 0 Å². The van der Waals surface area contributed by atoms with Crippen molar-refractivity contribution in [2.45, 2.75) is 38.6 Å². The van der Waals surface area contributed by atoms with Crippen molar-refractivity contribution < 1.29 is 0 Å². The minimum atomic E-state index is 0.660. The minimum absolute atomic E-state index is 0.660. The van der Waals surface area contributed by atoms with Gasteiger partial charge in [0.15, 0.2) is 0 Å². The van der Waals surface area contributed by atoms with E-state index in [1.54, 1.807) is 0 Å². The zero-order valence-electron chi connectivity index (χ0n) is 10.9. The monoisotopic (exact) mass is 240 g/mol. The number of rotatable bonds is 2. The van der Waals surface area contributed by atoms with Gasteiger partial charge in [-0.05, 0) is 55.8 Å². The minimum Gasteiger partial charge on any atom is -0.314 e. The molecule has 0 amide bonds. The molecule has 1 saturated heterocycles. The van der Waals surface area contributed by atoms with Crippen LogP contribution in [0, 0.1) is 6.92 Å². The van der Waals surface area contributed by atoms with Gasteiger partial charge in [0, 0.05) is 23.3 Å². The molecule has 0 aliphatic carbocycles. The second-order valence-corrected chi connectivity index (χ2v) is 5.30. The lowest BCUT2D eigenvalue weighted by atomic mass is 9.96. The molecule has 94 valence electrons. The fourth-order valence-electron chi connectivity index (χ4n) is 2.87. The number of fused-ring (bicyclic) bond motifs is 1. The molecule has 0 saturated carbocycles. The molecule has 1 atom stereocenters. The topological polar surface area (TPSA) is 24.9 Å². The summed E-state index contributed by atoms with van der Waals surface area (Å²) in [4.78, 5) is 4.38. The van der Waals surface area contributed by atoms with Crippen molar-refractivity contribution in [3.63, 3.8) is 0 Å². The normalized spacial score (nSPS) is 20.2. The second kappa shape index (κ2) is 5.07. The van der Waals surface area contributed by atoms with Crippen LogP contribution in [0.25, 0.3) is 10.8 Å². The molecule has 0 radical (unpaired) electrons. The molecular weight excluding hydrogens is 220 g/mol. The van der Waals surface area contributed by atoms with E-state index in [4.69, 9.17) is 0 Å². The number of aryl methyl sites for hydroxylation is 1. The van der Waals surface area contributed by atoms with Crippen molar-refractivity contribution in [3.05, 3.63) is 41.7 Å². The maximum atomic E-state index is 4.38. The number of nitrogens with one attached hydrogen (secondary N) is 1. The molecule has 2 aromatic rings. The van der Waals surface area contributed by atoms with Crippen molar-refractivity contribution in [1.29, 1.82) is 0 Å². The van der Waals surface area contributed by atoms with Gasteiger partial charge in [0.1, 0.15) is 0 Å². The van der Waals surface area contributed by atoms with Crippen LogP contribution in [-0.2, 0) is 6.42 Å². The number of pyridine rings is 1. The highest BCUT2D eigenvalue weighted by Gasteiger charge is 2.13. The Labute approximate surface area is 108 Å². The van der Waals surface area contributed by atoms with Crippen LogP contribution in [0.2, 0.25) is 0 Å². The molecule has 1 fully saturated rings. The predicted octanol–water partition coefficient (Wildman–Crippen LogP) is 3.23. The zero-order valence-corrected chi connectivity index (χ0v) is 10.9. The van der Waals surface area contributed by atoms with E-state index < -0.39 is 0 Å². The molecule has 1 unspecified atom stereocenters. The molecule has 3 rings (SSSR count). The van der Waals surface area contributed by atoms with Gasteiger partial charge in [-0.2, -0.15) is 0 Å². The summed E-state index contributed by atoms with van der Waals surface area (Å²) in [7, 11) is 0. The number of nitrogens with zero attached hydrogens (tertiary/aromatic N) is 1. The summed E-state index contributed by atoms with van der Waals surface area (Å²) in [5.41, 5.74) is 2.56. The first-order chi connectivity index (χ1) is 8.83. The van der Waals surface area contributed by atoms with E-state index >= 15 is 0 Å². The van der Waals surface area contributed by atoms with Crippen LogP contribution in [0.3, 0.4) is 0 Å². The van der Waals surface area contributed by atoms with Crippen LogP contribution in [0.5, 0.6) is 0 Å². The van der Waals surface area contributed by atoms with Gasteiger partial charge in [0.25, 0.3) is 0 Å². The Bertz CT molecular complexity index is 542. The third-order valence-electron chi connectivity index (χ3n) is 3.92. The Morgan fingerprint density at radius 3 is 3.06 bits per heavy atom. The van der Waals surface area contributed by atoms with E-state index in [-0.39, 0.29) is 0 Å². The maximum Gasteiger partial charge on any atom is 0.0451 e. The third kappa shape index (κ3) is 2.39. The van der Waals surface area contributed by atoms with Gasteiger partial charge in [-0.1, -0.05) is 18.6 Å². The maximum absolute atomic E-state index is 4.38. The summed E-state index contributed by atoms with van der Waals surface area (Å²) in [6.07, 6.45) is 7.04. The average molecular weight is 240 g/mol.